The summed E-state index contributed by atoms with van der Waals surface area (Å²) in [6.45, 7) is 3.38. The lowest BCUT2D eigenvalue weighted by Crippen LogP contribution is -2.48. The van der Waals surface area contributed by atoms with Crippen molar-refractivity contribution in [1.82, 2.24) is 10.6 Å². The van der Waals surface area contributed by atoms with Crippen LogP contribution in [0.25, 0.3) is 0 Å². The molecule has 1 aromatic rings. The molecule has 2 N–H and O–H groups in total. The van der Waals surface area contributed by atoms with Crippen LogP contribution in [0.5, 0.6) is 0 Å². The Kier molecular flexibility index (Phi) is 5.09. The van der Waals surface area contributed by atoms with Crippen LogP contribution in [0.2, 0.25) is 0 Å². The Morgan fingerprint density at radius 2 is 1.48 bits per heavy atom. The standard InChI is InChI=1S/C16H18F6N2O/c1-14(2,24-13(25)12-4-3-5-23-12)9-6-10(15(17,18)19)8-11(7-9)16(20,21)22/h6-8,12,23H,3-5H2,1-2H3,(H,24,25)/t12-/m1/s1. The highest BCUT2D eigenvalue weighted by Gasteiger charge is 2.39. The smallest absolute Gasteiger partial charge is 0.346 e. The van der Waals surface area contributed by atoms with Gasteiger partial charge in [0.2, 0.25) is 5.91 Å². The van der Waals surface area contributed by atoms with E-state index >= 15 is 0 Å². The molecule has 25 heavy (non-hydrogen) atoms. The second-order valence-electron chi connectivity index (χ2n) is 6.56. The zero-order chi connectivity index (χ0) is 19.0. The fraction of sp³-hybridized carbons (Fsp3) is 0.562. The van der Waals surface area contributed by atoms with Gasteiger partial charge in [0, 0.05) is 0 Å². The number of alkyl halides is 6. The molecule has 3 nitrogen and oxygen atoms in total. The number of amides is 1. The van der Waals surface area contributed by atoms with Crippen molar-refractivity contribution in [3.63, 3.8) is 0 Å². The Morgan fingerprint density at radius 3 is 1.88 bits per heavy atom. The molecular weight excluding hydrogens is 350 g/mol. The molecule has 0 spiro atoms. The summed E-state index contributed by atoms with van der Waals surface area (Å²) in [6, 6.07) is 0.849. The first-order valence-corrected chi connectivity index (χ1v) is 7.66. The summed E-state index contributed by atoms with van der Waals surface area (Å²) in [7, 11) is 0. The van der Waals surface area contributed by atoms with Crippen molar-refractivity contribution in [2.24, 2.45) is 0 Å². The summed E-state index contributed by atoms with van der Waals surface area (Å²) in [4.78, 5) is 12.2. The lowest BCUT2D eigenvalue weighted by Gasteiger charge is -2.30. The normalized spacial score (nSPS) is 19.1. The molecule has 1 heterocycles. The van der Waals surface area contributed by atoms with E-state index in [1.54, 1.807) is 0 Å². The van der Waals surface area contributed by atoms with Crippen molar-refractivity contribution >= 4 is 5.91 Å². The number of hydrogen-bond donors (Lipinski definition) is 2. The first-order chi connectivity index (χ1) is 11.3. The maximum absolute atomic E-state index is 13.0. The van der Waals surface area contributed by atoms with E-state index in [0.717, 1.165) is 6.42 Å². The third-order valence-electron chi connectivity index (χ3n) is 4.12. The van der Waals surface area contributed by atoms with Gasteiger partial charge in [-0.05, 0) is 57.0 Å². The van der Waals surface area contributed by atoms with Crippen LogP contribution in [-0.2, 0) is 22.7 Å². The van der Waals surface area contributed by atoms with Gasteiger partial charge in [-0.1, -0.05) is 0 Å². The molecule has 1 fully saturated rings. The minimum atomic E-state index is -4.93. The van der Waals surface area contributed by atoms with Crippen LogP contribution in [0.15, 0.2) is 18.2 Å². The minimum Gasteiger partial charge on any atom is -0.346 e. The Morgan fingerprint density at radius 1 is 1.00 bits per heavy atom. The van der Waals surface area contributed by atoms with Crippen LogP contribution in [-0.4, -0.2) is 18.5 Å². The molecule has 0 unspecified atom stereocenters. The number of carbonyl (C=O) groups is 1. The van der Waals surface area contributed by atoms with E-state index in [-0.39, 0.29) is 11.6 Å². The SMILES string of the molecule is CC(C)(NC(=O)[C@H]1CCCN1)c1cc(C(F)(F)F)cc(C(F)(F)F)c1. The number of hydrogen-bond acceptors (Lipinski definition) is 2. The molecule has 0 bridgehead atoms. The number of carbonyl (C=O) groups excluding carboxylic acids is 1. The van der Waals surface area contributed by atoms with Gasteiger partial charge in [-0.2, -0.15) is 26.3 Å². The fourth-order valence-electron chi connectivity index (χ4n) is 2.69. The third kappa shape index (κ3) is 4.65. The summed E-state index contributed by atoms with van der Waals surface area (Å²) in [5, 5.41) is 5.47. The van der Waals surface area contributed by atoms with Gasteiger partial charge < -0.3 is 10.6 Å². The average molecular weight is 368 g/mol. The zero-order valence-electron chi connectivity index (χ0n) is 13.6. The molecule has 0 aliphatic carbocycles. The van der Waals surface area contributed by atoms with E-state index < -0.39 is 41.0 Å². The highest BCUT2D eigenvalue weighted by Crippen LogP contribution is 2.38. The van der Waals surface area contributed by atoms with Gasteiger partial charge in [0.1, 0.15) is 0 Å². The van der Waals surface area contributed by atoms with Gasteiger partial charge in [0.15, 0.2) is 0 Å². The molecule has 140 valence electrons. The number of benzene rings is 1. The van der Waals surface area contributed by atoms with E-state index in [9.17, 15) is 31.1 Å². The Labute approximate surface area is 140 Å². The molecule has 1 amide bonds. The maximum Gasteiger partial charge on any atom is 0.416 e. The van der Waals surface area contributed by atoms with Crippen LogP contribution in [0.3, 0.4) is 0 Å². The monoisotopic (exact) mass is 368 g/mol. The van der Waals surface area contributed by atoms with Crippen LogP contribution >= 0.6 is 0 Å². The van der Waals surface area contributed by atoms with Crippen LogP contribution in [0.4, 0.5) is 26.3 Å². The Hall–Kier alpha value is -1.77. The summed E-state index contributed by atoms with van der Waals surface area (Å²) in [5.41, 5.74) is -4.47. The lowest BCUT2D eigenvalue weighted by molar-refractivity contribution is -0.143. The number of nitrogens with one attached hydrogen (secondary N) is 2. The van der Waals surface area contributed by atoms with Gasteiger partial charge in [-0.3, -0.25) is 4.79 Å². The van der Waals surface area contributed by atoms with Gasteiger partial charge in [0.25, 0.3) is 0 Å². The largest absolute Gasteiger partial charge is 0.416 e. The van der Waals surface area contributed by atoms with E-state index in [1.807, 2.05) is 0 Å². The predicted octanol–water partition coefficient (Wildman–Crippen LogP) is 3.83. The molecular formula is C16H18F6N2O. The molecule has 1 atom stereocenters. The summed E-state index contributed by atoms with van der Waals surface area (Å²) in [5.74, 6) is -0.450. The van der Waals surface area contributed by atoms with Crippen molar-refractivity contribution in [1.29, 1.82) is 0 Å². The molecule has 9 heteroatoms. The molecule has 1 aromatic carbocycles. The average Bonchev–Trinajstić information content (AvgIpc) is 2.98. The molecule has 0 radical (unpaired) electrons. The first kappa shape index (κ1) is 19.6. The van der Waals surface area contributed by atoms with Gasteiger partial charge in [-0.15, -0.1) is 0 Å². The van der Waals surface area contributed by atoms with Crippen molar-refractivity contribution in [3.8, 4) is 0 Å². The van der Waals surface area contributed by atoms with Gasteiger partial charge in [0.05, 0.1) is 22.7 Å². The van der Waals surface area contributed by atoms with Gasteiger partial charge in [-0.25, -0.2) is 0 Å². The fourth-order valence-corrected chi connectivity index (χ4v) is 2.69. The van der Waals surface area contributed by atoms with E-state index in [0.29, 0.717) is 25.1 Å². The molecule has 1 aliphatic rings. The Balaban J connectivity index is 2.39. The lowest BCUT2D eigenvalue weighted by atomic mass is 9.90. The maximum atomic E-state index is 13.0. The molecule has 0 aromatic heterocycles. The Bertz CT molecular complexity index is 613. The van der Waals surface area contributed by atoms with Crippen LogP contribution < -0.4 is 10.6 Å². The van der Waals surface area contributed by atoms with E-state index in [1.165, 1.54) is 13.8 Å². The third-order valence-corrected chi connectivity index (χ3v) is 4.12. The topological polar surface area (TPSA) is 41.1 Å². The summed E-state index contributed by atoms with van der Waals surface area (Å²) < 4.78 is 77.8. The van der Waals surface area contributed by atoms with Crippen LogP contribution in [0, 0.1) is 0 Å². The second-order valence-corrected chi connectivity index (χ2v) is 6.56. The highest BCUT2D eigenvalue weighted by atomic mass is 19.4. The van der Waals surface area contributed by atoms with Crippen LogP contribution in [0.1, 0.15) is 43.4 Å². The predicted molar refractivity (Wildman–Crippen MR) is 78.6 cm³/mol. The van der Waals surface area contributed by atoms with Gasteiger partial charge >= 0.3 is 12.4 Å². The second kappa shape index (κ2) is 6.51. The summed E-state index contributed by atoms with van der Waals surface area (Å²) in [6.07, 6.45) is -8.51. The zero-order valence-corrected chi connectivity index (χ0v) is 13.6. The van der Waals surface area contributed by atoms with Crippen molar-refractivity contribution < 1.29 is 31.1 Å². The summed E-state index contributed by atoms with van der Waals surface area (Å²) >= 11 is 0. The number of rotatable bonds is 3. The minimum absolute atomic E-state index is 0.0694. The number of halogens is 6. The quantitative estimate of drug-likeness (QED) is 0.797. The van der Waals surface area contributed by atoms with E-state index in [4.69, 9.17) is 0 Å². The molecule has 1 aliphatic heterocycles. The molecule has 1 saturated heterocycles. The van der Waals surface area contributed by atoms with Crippen molar-refractivity contribution in [2.75, 3.05) is 6.54 Å². The highest BCUT2D eigenvalue weighted by molar-refractivity contribution is 5.82. The van der Waals surface area contributed by atoms with Crippen molar-refractivity contribution in [3.05, 3.63) is 34.9 Å². The molecule has 2 rings (SSSR count). The molecule has 0 saturated carbocycles. The van der Waals surface area contributed by atoms with E-state index in [2.05, 4.69) is 10.6 Å². The first-order valence-electron chi connectivity index (χ1n) is 7.66. The van der Waals surface area contributed by atoms with Crippen molar-refractivity contribution in [2.45, 2.75) is 50.6 Å².